The first-order valence-corrected chi connectivity index (χ1v) is 7.20. The molecule has 0 aliphatic rings. The van der Waals surface area contributed by atoms with Crippen molar-refractivity contribution in [2.45, 2.75) is 32.9 Å². The van der Waals surface area contributed by atoms with Crippen LogP contribution < -0.4 is 11.1 Å². The Balaban J connectivity index is 2.21. The molecule has 0 amide bonds. The summed E-state index contributed by atoms with van der Waals surface area (Å²) in [7, 11) is 0. The van der Waals surface area contributed by atoms with E-state index in [2.05, 4.69) is 68.6 Å². The van der Waals surface area contributed by atoms with Gasteiger partial charge in [-0.15, -0.1) is 0 Å². The van der Waals surface area contributed by atoms with Gasteiger partial charge in [-0.2, -0.15) is 0 Å². The van der Waals surface area contributed by atoms with Gasteiger partial charge in [0.25, 0.3) is 0 Å². The number of nitrogens with one attached hydrogen (secondary N) is 1. The van der Waals surface area contributed by atoms with Crippen molar-refractivity contribution in [2.24, 2.45) is 5.73 Å². The van der Waals surface area contributed by atoms with Gasteiger partial charge in [0, 0.05) is 18.6 Å². The zero-order valence-electron chi connectivity index (χ0n) is 12.6. The predicted molar refractivity (Wildman–Crippen MR) is 85.7 cm³/mol. The number of hydrogen-bond donors (Lipinski definition) is 2. The lowest BCUT2D eigenvalue weighted by molar-refractivity contribution is 0.470. The van der Waals surface area contributed by atoms with Gasteiger partial charge < -0.3 is 11.1 Å². The predicted octanol–water partition coefficient (Wildman–Crippen LogP) is 3.65. The van der Waals surface area contributed by atoms with Crippen molar-refractivity contribution in [3.05, 3.63) is 70.8 Å². The molecule has 106 valence electrons. The minimum Gasteiger partial charge on any atom is -0.329 e. The van der Waals surface area contributed by atoms with Crippen LogP contribution in [0.5, 0.6) is 0 Å². The summed E-state index contributed by atoms with van der Waals surface area (Å²) in [6, 6.07) is 17.4. The third-order valence-corrected chi connectivity index (χ3v) is 3.88. The van der Waals surface area contributed by atoms with E-state index < -0.39 is 0 Å². The molecule has 0 aromatic heterocycles. The van der Waals surface area contributed by atoms with Gasteiger partial charge in [0.05, 0.1) is 0 Å². The Bertz CT molecular complexity index is 528. The van der Waals surface area contributed by atoms with Crippen molar-refractivity contribution >= 4 is 0 Å². The Morgan fingerprint density at radius 2 is 1.55 bits per heavy atom. The van der Waals surface area contributed by atoms with Crippen LogP contribution in [-0.4, -0.2) is 6.54 Å². The highest BCUT2D eigenvalue weighted by atomic mass is 15.0. The van der Waals surface area contributed by atoms with Crippen molar-refractivity contribution in [2.75, 3.05) is 6.54 Å². The molecular weight excluding hydrogens is 244 g/mol. The van der Waals surface area contributed by atoms with Gasteiger partial charge >= 0.3 is 0 Å². The van der Waals surface area contributed by atoms with Crippen LogP contribution in [-0.2, 0) is 0 Å². The highest BCUT2D eigenvalue weighted by molar-refractivity contribution is 5.36. The summed E-state index contributed by atoms with van der Waals surface area (Å²) in [6.45, 7) is 7.09. The first-order chi connectivity index (χ1) is 9.63. The van der Waals surface area contributed by atoms with E-state index in [0.29, 0.717) is 6.54 Å². The van der Waals surface area contributed by atoms with E-state index in [1.165, 1.54) is 22.3 Å². The third-order valence-electron chi connectivity index (χ3n) is 3.88. The molecule has 0 radical (unpaired) electrons. The zero-order valence-corrected chi connectivity index (χ0v) is 12.6. The molecule has 2 nitrogen and oxygen atoms in total. The summed E-state index contributed by atoms with van der Waals surface area (Å²) in [4.78, 5) is 0. The molecule has 2 atom stereocenters. The minimum atomic E-state index is 0.186. The maximum Gasteiger partial charge on any atom is 0.0454 e. The number of rotatable bonds is 5. The molecule has 0 heterocycles. The van der Waals surface area contributed by atoms with E-state index in [9.17, 15) is 0 Å². The fourth-order valence-corrected chi connectivity index (χ4v) is 2.79. The molecule has 20 heavy (non-hydrogen) atoms. The van der Waals surface area contributed by atoms with Crippen molar-refractivity contribution in [3.63, 3.8) is 0 Å². The molecule has 0 saturated carbocycles. The Hall–Kier alpha value is -1.64. The molecule has 3 N–H and O–H groups in total. The van der Waals surface area contributed by atoms with Crippen LogP contribution in [0.1, 0.15) is 41.3 Å². The second-order valence-electron chi connectivity index (χ2n) is 5.39. The van der Waals surface area contributed by atoms with Crippen LogP contribution in [0.3, 0.4) is 0 Å². The van der Waals surface area contributed by atoms with Crippen molar-refractivity contribution < 1.29 is 0 Å². The van der Waals surface area contributed by atoms with Gasteiger partial charge in [-0.3, -0.25) is 0 Å². The molecule has 2 aromatic carbocycles. The van der Waals surface area contributed by atoms with Crippen LogP contribution in [0.25, 0.3) is 0 Å². The van der Waals surface area contributed by atoms with Crippen LogP contribution in [0.2, 0.25) is 0 Å². The maximum absolute atomic E-state index is 6.01. The van der Waals surface area contributed by atoms with E-state index in [1.54, 1.807) is 0 Å². The lowest BCUT2D eigenvalue weighted by atomic mass is 9.95. The quantitative estimate of drug-likeness (QED) is 0.868. The zero-order chi connectivity index (χ0) is 14.5. The molecule has 2 unspecified atom stereocenters. The van der Waals surface area contributed by atoms with E-state index in [4.69, 9.17) is 5.73 Å². The van der Waals surface area contributed by atoms with Crippen molar-refractivity contribution in [1.29, 1.82) is 0 Å². The van der Waals surface area contributed by atoms with Gasteiger partial charge in [-0.25, -0.2) is 0 Å². The summed E-state index contributed by atoms with van der Waals surface area (Å²) >= 11 is 0. The second-order valence-corrected chi connectivity index (χ2v) is 5.39. The lowest BCUT2D eigenvalue weighted by Crippen LogP contribution is -2.31. The molecule has 2 aromatic rings. The van der Waals surface area contributed by atoms with E-state index in [-0.39, 0.29) is 12.1 Å². The number of hydrogen-bond acceptors (Lipinski definition) is 2. The minimum absolute atomic E-state index is 0.186. The molecule has 0 aliphatic heterocycles. The first kappa shape index (κ1) is 14.8. The molecule has 0 fully saturated rings. The summed E-state index contributed by atoms with van der Waals surface area (Å²) < 4.78 is 0. The molecule has 0 bridgehead atoms. The summed E-state index contributed by atoms with van der Waals surface area (Å²) in [6.07, 6.45) is 0. The lowest BCUT2D eigenvalue weighted by Gasteiger charge is -2.25. The topological polar surface area (TPSA) is 38.0 Å². The first-order valence-electron chi connectivity index (χ1n) is 7.20. The van der Waals surface area contributed by atoms with Crippen LogP contribution >= 0.6 is 0 Å². The van der Waals surface area contributed by atoms with Gasteiger partial charge in [0.2, 0.25) is 0 Å². The van der Waals surface area contributed by atoms with Crippen LogP contribution in [0.4, 0.5) is 0 Å². The van der Waals surface area contributed by atoms with Gasteiger partial charge in [0.1, 0.15) is 0 Å². The fourth-order valence-electron chi connectivity index (χ4n) is 2.79. The Morgan fingerprint density at radius 3 is 2.10 bits per heavy atom. The van der Waals surface area contributed by atoms with Gasteiger partial charge in [-0.05, 0) is 43.0 Å². The standard InChI is InChI=1S/C18H24N2/c1-13-8-7-9-14(2)18(13)17(12-19)20-15(3)16-10-5-4-6-11-16/h4-11,15,17,20H,12,19H2,1-3H3. The van der Waals surface area contributed by atoms with Crippen molar-refractivity contribution in [1.82, 2.24) is 5.32 Å². The molecular formula is C18H24N2. The second kappa shape index (κ2) is 6.69. The molecule has 0 saturated heterocycles. The monoisotopic (exact) mass is 268 g/mol. The molecule has 2 heteroatoms. The average molecular weight is 268 g/mol. The Labute approximate surface area is 122 Å². The maximum atomic E-state index is 6.01. The Kier molecular flexibility index (Phi) is 4.94. The van der Waals surface area contributed by atoms with Crippen LogP contribution in [0, 0.1) is 13.8 Å². The highest BCUT2D eigenvalue weighted by Crippen LogP contribution is 2.24. The van der Waals surface area contributed by atoms with E-state index in [1.807, 2.05) is 6.07 Å². The Morgan fingerprint density at radius 1 is 0.950 bits per heavy atom. The number of aryl methyl sites for hydroxylation is 2. The average Bonchev–Trinajstić information content (AvgIpc) is 2.46. The third kappa shape index (κ3) is 3.27. The van der Waals surface area contributed by atoms with Gasteiger partial charge in [-0.1, -0.05) is 48.5 Å². The van der Waals surface area contributed by atoms with E-state index in [0.717, 1.165) is 0 Å². The highest BCUT2D eigenvalue weighted by Gasteiger charge is 2.17. The van der Waals surface area contributed by atoms with E-state index >= 15 is 0 Å². The number of nitrogens with two attached hydrogens (primary N) is 1. The summed E-state index contributed by atoms with van der Waals surface area (Å²) in [5, 5.41) is 3.66. The van der Waals surface area contributed by atoms with Crippen molar-refractivity contribution in [3.8, 4) is 0 Å². The molecule has 2 rings (SSSR count). The van der Waals surface area contributed by atoms with Gasteiger partial charge in [0.15, 0.2) is 0 Å². The van der Waals surface area contributed by atoms with Crippen LogP contribution in [0.15, 0.2) is 48.5 Å². The fraction of sp³-hybridized carbons (Fsp3) is 0.333. The molecule has 0 aliphatic carbocycles. The SMILES string of the molecule is Cc1cccc(C)c1C(CN)NC(C)c1ccccc1. The largest absolute Gasteiger partial charge is 0.329 e. The normalized spacial score (nSPS) is 14.0. The summed E-state index contributed by atoms with van der Waals surface area (Å²) in [5.41, 5.74) is 11.2. The number of benzene rings is 2. The summed E-state index contributed by atoms with van der Waals surface area (Å²) in [5.74, 6) is 0. The smallest absolute Gasteiger partial charge is 0.0454 e. The molecule has 0 spiro atoms.